The molecule has 1 heterocycles. The van der Waals surface area contributed by atoms with E-state index in [1.54, 1.807) is 59.3 Å². The minimum atomic E-state index is -0.304. The van der Waals surface area contributed by atoms with Crippen molar-refractivity contribution in [2.45, 2.75) is 6.54 Å². The third kappa shape index (κ3) is 4.35. The van der Waals surface area contributed by atoms with Gasteiger partial charge < -0.3 is 9.80 Å². The first kappa shape index (κ1) is 19.5. The van der Waals surface area contributed by atoms with Gasteiger partial charge in [-0.15, -0.1) is 0 Å². The van der Waals surface area contributed by atoms with Crippen molar-refractivity contribution >= 4 is 17.5 Å². The van der Waals surface area contributed by atoms with Crippen LogP contribution in [0.5, 0.6) is 0 Å². The number of hydrogen-bond acceptors (Lipinski definition) is 4. The monoisotopic (exact) mass is 380 g/mol. The highest BCUT2D eigenvalue weighted by Crippen LogP contribution is 2.22. The lowest BCUT2D eigenvalue weighted by Gasteiger charge is -2.35. The molecule has 1 aliphatic rings. The summed E-state index contributed by atoms with van der Waals surface area (Å²) in [6.07, 6.45) is 0. The van der Waals surface area contributed by atoms with Crippen LogP contribution < -0.4 is 4.90 Å². The van der Waals surface area contributed by atoms with Crippen molar-refractivity contribution < 1.29 is 14.0 Å². The van der Waals surface area contributed by atoms with E-state index in [4.69, 9.17) is 0 Å². The van der Waals surface area contributed by atoms with Crippen molar-refractivity contribution in [3.8, 4) is 6.07 Å². The molecule has 6 nitrogen and oxygen atoms in total. The number of likely N-dealkylation sites (N-methyl/N-ethyl adjacent to an activating group) is 1. The maximum Gasteiger partial charge on any atom is 0.246 e. The van der Waals surface area contributed by atoms with Crippen molar-refractivity contribution in [3.63, 3.8) is 0 Å². The fraction of sp³-hybridized carbons (Fsp3) is 0.286. The topological polar surface area (TPSA) is 67.7 Å². The van der Waals surface area contributed by atoms with E-state index in [1.165, 1.54) is 11.0 Å². The maximum absolute atomic E-state index is 13.8. The van der Waals surface area contributed by atoms with Crippen LogP contribution in [0.25, 0.3) is 0 Å². The number of carbonyl (C=O) groups is 2. The van der Waals surface area contributed by atoms with Gasteiger partial charge in [0.15, 0.2) is 0 Å². The number of nitrogens with zero attached hydrogens (tertiary/aromatic N) is 4. The molecule has 2 aromatic carbocycles. The number of amides is 2. The van der Waals surface area contributed by atoms with Gasteiger partial charge in [-0.3, -0.25) is 14.5 Å². The van der Waals surface area contributed by atoms with Gasteiger partial charge >= 0.3 is 0 Å². The SMILES string of the molecule is CN(CC(=O)N1CCN(c2ccccc2C#N)C(=O)C1)Cc1ccccc1F. The van der Waals surface area contributed by atoms with E-state index < -0.39 is 0 Å². The molecule has 0 aromatic heterocycles. The lowest BCUT2D eigenvalue weighted by Crippen LogP contribution is -2.54. The molecule has 0 saturated carbocycles. The molecular formula is C21H21FN4O2. The van der Waals surface area contributed by atoms with E-state index in [1.807, 2.05) is 0 Å². The Bertz CT molecular complexity index is 925. The molecule has 3 rings (SSSR count). The second-order valence-corrected chi connectivity index (χ2v) is 6.75. The summed E-state index contributed by atoms with van der Waals surface area (Å²) in [4.78, 5) is 29.9. The third-order valence-corrected chi connectivity index (χ3v) is 4.69. The fourth-order valence-electron chi connectivity index (χ4n) is 3.25. The highest BCUT2D eigenvalue weighted by molar-refractivity contribution is 5.99. The van der Waals surface area contributed by atoms with Gasteiger partial charge in [-0.1, -0.05) is 30.3 Å². The largest absolute Gasteiger partial charge is 0.330 e. The minimum absolute atomic E-state index is 0.0356. The molecule has 1 saturated heterocycles. The van der Waals surface area contributed by atoms with Crippen LogP contribution in [0.3, 0.4) is 0 Å². The quantitative estimate of drug-likeness (QED) is 0.796. The Hall–Kier alpha value is -3.24. The van der Waals surface area contributed by atoms with Crippen LogP contribution in [-0.4, -0.2) is 54.8 Å². The highest BCUT2D eigenvalue weighted by atomic mass is 19.1. The highest BCUT2D eigenvalue weighted by Gasteiger charge is 2.29. The molecule has 0 N–H and O–H groups in total. The maximum atomic E-state index is 13.8. The number of carbonyl (C=O) groups excluding carboxylic acids is 2. The molecule has 0 unspecified atom stereocenters. The van der Waals surface area contributed by atoms with Gasteiger partial charge in [0.25, 0.3) is 0 Å². The van der Waals surface area contributed by atoms with Crippen LogP contribution in [0.15, 0.2) is 48.5 Å². The lowest BCUT2D eigenvalue weighted by atomic mass is 10.1. The number of piperazine rings is 1. The summed E-state index contributed by atoms with van der Waals surface area (Å²) < 4.78 is 13.8. The molecule has 0 atom stereocenters. The Morgan fingerprint density at radius 3 is 2.61 bits per heavy atom. The van der Waals surface area contributed by atoms with Gasteiger partial charge in [-0.25, -0.2) is 4.39 Å². The average molecular weight is 380 g/mol. The smallest absolute Gasteiger partial charge is 0.246 e. The predicted molar refractivity (Wildman–Crippen MR) is 103 cm³/mol. The molecule has 2 aromatic rings. The Morgan fingerprint density at radius 2 is 1.89 bits per heavy atom. The van der Waals surface area contributed by atoms with Crippen LogP contribution in [-0.2, 0) is 16.1 Å². The van der Waals surface area contributed by atoms with Crippen LogP contribution >= 0.6 is 0 Å². The molecule has 1 aliphatic heterocycles. The Labute approximate surface area is 163 Å². The van der Waals surface area contributed by atoms with Gasteiger partial charge in [0.05, 0.1) is 17.8 Å². The van der Waals surface area contributed by atoms with Gasteiger partial charge in [0, 0.05) is 25.2 Å². The minimum Gasteiger partial charge on any atom is -0.330 e. The lowest BCUT2D eigenvalue weighted by molar-refractivity contribution is -0.137. The zero-order valence-electron chi connectivity index (χ0n) is 15.6. The van der Waals surface area contributed by atoms with Crippen LogP contribution in [0, 0.1) is 17.1 Å². The number of nitriles is 1. The third-order valence-electron chi connectivity index (χ3n) is 4.69. The molecule has 0 radical (unpaired) electrons. The zero-order chi connectivity index (χ0) is 20.1. The summed E-state index contributed by atoms with van der Waals surface area (Å²) in [6, 6.07) is 15.5. The summed E-state index contributed by atoms with van der Waals surface area (Å²) in [5.74, 6) is -0.707. The van der Waals surface area contributed by atoms with Crippen molar-refractivity contribution in [3.05, 3.63) is 65.5 Å². The molecule has 2 amide bonds. The van der Waals surface area contributed by atoms with E-state index in [-0.39, 0.29) is 30.7 Å². The van der Waals surface area contributed by atoms with E-state index in [9.17, 15) is 19.2 Å². The van der Waals surface area contributed by atoms with E-state index in [0.29, 0.717) is 36.4 Å². The molecule has 7 heteroatoms. The predicted octanol–water partition coefficient (Wildman–Crippen LogP) is 2.00. The Kier molecular flexibility index (Phi) is 6.02. The van der Waals surface area contributed by atoms with Crippen LogP contribution in [0.2, 0.25) is 0 Å². The Balaban J connectivity index is 1.59. The van der Waals surface area contributed by atoms with Gasteiger partial charge in [0.2, 0.25) is 11.8 Å². The van der Waals surface area contributed by atoms with Gasteiger partial charge in [-0.2, -0.15) is 5.26 Å². The molecule has 0 aliphatic carbocycles. The number of benzene rings is 2. The van der Waals surface area contributed by atoms with Crippen LogP contribution in [0.1, 0.15) is 11.1 Å². The van der Waals surface area contributed by atoms with Crippen molar-refractivity contribution in [2.24, 2.45) is 0 Å². The molecule has 144 valence electrons. The van der Waals surface area contributed by atoms with Gasteiger partial charge in [-0.05, 0) is 25.2 Å². The molecular weight excluding hydrogens is 359 g/mol. The number of halogens is 1. The summed E-state index contributed by atoms with van der Waals surface area (Å²) in [7, 11) is 1.74. The average Bonchev–Trinajstić information content (AvgIpc) is 2.69. The van der Waals surface area contributed by atoms with E-state index in [2.05, 4.69) is 6.07 Å². The summed E-state index contributed by atoms with van der Waals surface area (Å²) in [5, 5.41) is 9.23. The standard InChI is InChI=1S/C21H21FN4O2/c1-24(13-17-7-2-4-8-18(17)22)14-20(27)25-10-11-26(21(28)15-25)19-9-5-3-6-16(19)12-23/h2-9H,10-11,13-15H2,1H3. The van der Waals surface area contributed by atoms with Crippen molar-refractivity contribution in [1.29, 1.82) is 5.26 Å². The number of hydrogen-bond donors (Lipinski definition) is 0. The summed E-state index contributed by atoms with van der Waals surface area (Å²) in [6.45, 7) is 1.09. The molecule has 0 bridgehead atoms. The summed E-state index contributed by atoms with van der Waals surface area (Å²) >= 11 is 0. The van der Waals surface area contributed by atoms with E-state index >= 15 is 0 Å². The van der Waals surface area contributed by atoms with E-state index in [0.717, 1.165) is 0 Å². The molecule has 28 heavy (non-hydrogen) atoms. The second-order valence-electron chi connectivity index (χ2n) is 6.75. The fourth-order valence-corrected chi connectivity index (χ4v) is 3.25. The number of anilines is 1. The normalized spacial score (nSPS) is 14.3. The van der Waals surface area contributed by atoms with Crippen molar-refractivity contribution in [2.75, 3.05) is 38.1 Å². The summed E-state index contributed by atoms with van der Waals surface area (Å²) in [5.41, 5.74) is 1.52. The zero-order valence-corrected chi connectivity index (χ0v) is 15.6. The first-order chi connectivity index (χ1) is 13.5. The second kappa shape index (κ2) is 8.63. The molecule has 0 spiro atoms. The van der Waals surface area contributed by atoms with Gasteiger partial charge in [0.1, 0.15) is 18.4 Å². The number of para-hydroxylation sites is 1. The molecule has 1 fully saturated rings. The first-order valence-electron chi connectivity index (χ1n) is 8.99. The van der Waals surface area contributed by atoms with Crippen molar-refractivity contribution in [1.82, 2.24) is 9.80 Å². The number of rotatable bonds is 5. The van der Waals surface area contributed by atoms with Crippen LogP contribution in [0.4, 0.5) is 10.1 Å². The first-order valence-corrected chi connectivity index (χ1v) is 8.99. The Morgan fingerprint density at radius 1 is 1.18 bits per heavy atom.